The molecule has 0 aliphatic heterocycles. The number of hydrogen-bond donors (Lipinski definition) is 2. The fourth-order valence-electron chi connectivity index (χ4n) is 0.802. The van der Waals surface area contributed by atoms with E-state index in [1.807, 2.05) is 0 Å². The molecule has 0 radical (unpaired) electrons. The summed E-state index contributed by atoms with van der Waals surface area (Å²) >= 11 is 4.88. The molecule has 0 aliphatic rings. The third-order valence-electron chi connectivity index (χ3n) is 1.25. The number of nitrogens with one attached hydrogen (secondary N) is 2. The maximum Gasteiger partial charge on any atom is 0.175 e. The number of aromatic nitrogens is 2. The molecule has 0 aromatic carbocycles. The van der Waals surface area contributed by atoms with E-state index >= 15 is 0 Å². The van der Waals surface area contributed by atoms with Crippen molar-refractivity contribution in [3.8, 4) is 0 Å². The maximum absolute atomic E-state index is 4.88. The van der Waals surface area contributed by atoms with Crippen molar-refractivity contribution in [3.05, 3.63) is 22.7 Å². The molecule has 1 rings (SSSR count). The van der Waals surface area contributed by atoms with Crippen LogP contribution in [-0.4, -0.2) is 23.2 Å². The molecule has 1 aromatic heterocycles. The Bertz CT molecular complexity index is 332. The predicted octanol–water partition coefficient (Wildman–Crippen LogP) is 1.76. The van der Waals surface area contributed by atoms with E-state index in [0.29, 0.717) is 4.77 Å². The molecular formula is C7H9N3S. The number of H-pyrrole nitrogens is 2. The van der Waals surface area contributed by atoms with Crippen LogP contribution in [0.2, 0.25) is 0 Å². The zero-order valence-corrected chi connectivity index (χ0v) is 7.03. The normalized spacial score (nSPS) is 10.6. The van der Waals surface area contributed by atoms with Crippen LogP contribution in [0.25, 0.3) is 6.08 Å². The fourth-order valence-corrected chi connectivity index (χ4v) is 1.02. The van der Waals surface area contributed by atoms with Crippen LogP contribution in [0.1, 0.15) is 11.4 Å². The highest BCUT2D eigenvalue weighted by atomic mass is 32.1. The minimum atomic E-state index is 0.592. The van der Waals surface area contributed by atoms with Crippen molar-refractivity contribution in [2.24, 2.45) is 4.99 Å². The molecule has 11 heavy (non-hydrogen) atoms. The molecule has 0 aliphatic carbocycles. The van der Waals surface area contributed by atoms with Gasteiger partial charge in [-0.05, 0) is 18.3 Å². The number of nitrogens with zero attached hydrogens (tertiary/aromatic N) is 1. The first-order chi connectivity index (χ1) is 5.27. The fraction of sp³-hybridized carbons (Fsp3) is 0.143. The van der Waals surface area contributed by atoms with Crippen LogP contribution >= 0.6 is 12.2 Å². The Morgan fingerprint density at radius 2 is 2.09 bits per heavy atom. The van der Waals surface area contributed by atoms with Gasteiger partial charge < -0.3 is 9.97 Å². The number of imidazole rings is 1. The SMILES string of the molecule is C=Cc1[nH]c(=S)[nH]c1C=NC. The molecule has 0 saturated carbocycles. The van der Waals surface area contributed by atoms with E-state index in [1.165, 1.54) is 0 Å². The van der Waals surface area contributed by atoms with Crippen LogP contribution in [0.4, 0.5) is 0 Å². The van der Waals surface area contributed by atoms with E-state index < -0.39 is 0 Å². The monoisotopic (exact) mass is 167 g/mol. The molecule has 2 N–H and O–H groups in total. The molecular weight excluding hydrogens is 158 g/mol. The largest absolute Gasteiger partial charge is 0.331 e. The molecule has 0 bridgehead atoms. The van der Waals surface area contributed by atoms with Crippen LogP contribution in [0.15, 0.2) is 11.6 Å². The van der Waals surface area contributed by atoms with Crippen molar-refractivity contribution < 1.29 is 0 Å². The van der Waals surface area contributed by atoms with Gasteiger partial charge in [0.05, 0.1) is 11.4 Å². The Kier molecular flexibility index (Phi) is 2.38. The molecule has 58 valence electrons. The Hall–Kier alpha value is -1.16. The number of hydrogen-bond acceptors (Lipinski definition) is 2. The number of aliphatic imine (C=N–C) groups is 1. The summed E-state index contributed by atoms with van der Waals surface area (Å²) in [4.78, 5) is 9.72. The Balaban J connectivity index is 3.22. The summed E-state index contributed by atoms with van der Waals surface area (Å²) in [6.45, 7) is 3.63. The molecule has 1 aromatic rings. The van der Waals surface area contributed by atoms with Gasteiger partial charge in [-0.3, -0.25) is 4.99 Å². The molecule has 0 fully saturated rings. The summed E-state index contributed by atoms with van der Waals surface area (Å²) in [5.41, 5.74) is 1.74. The highest BCUT2D eigenvalue weighted by Gasteiger charge is 1.96. The lowest BCUT2D eigenvalue weighted by Crippen LogP contribution is -1.83. The van der Waals surface area contributed by atoms with E-state index in [0.717, 1.165) is 11.4 Å². The van der Waals surface area contributed by atoms with Crippen LogP contribution < -0.4 is 0 Å². The highest BCUT2D eigenvalue weighted by molar-refractivity contribution is 7.71. The summed E-state index contributed by atoms with van der Waals surface area (Å²) in [5.74, 6) is 0. The van der Waals surface area contributed by atoms with Gasteiger partial charge in [0.2, 0.25) is 0 Å². The maximum atomic E-state index is 4.88. The number of rotatable bonds is 2. The second kappa shape index (κ2) is 3.30. The lowest BCUT2D eigenvalue weighted by atomic mass is 10.3. The predicted molar refractivity (Wildman–Crippen MR) is 49.6 cm³/mol. The van der Waals surface area contributed by atoms with Crippen LogP contribution in [0, 0.1) is 4.77 Å². The zero-order chi connectivity index (χ0) is 8.27. The van der Waals surface area contributed by atoms with Crippen molar-refractivity contribution >= 4 is 24.5 Å². The van der Waals surface area contributed by atoms with Gasteiger partial charge in [-0.15, -0.1) is 0 Å². The lowest BCUT2D eigenvalue weighted by molar-refractivity contribution is 1.26. The molecule has 0 atom stereocenters. The van der Waals surface area contributed by atoms with E-state index in [4.69, 9.17) is 12.2 Å². The molecule has 1 heterocycles. The standard InChI is InChI=1S/C7H9N3S/c1-3-5-6(4-8-2)10-7(11)9-5/h3-4H,1H2,2H3,(H2,9,10,11). The summed E-state index contributed by atoms with van der Waals surface area (Å²) < 4.78 is 0.592. The van der Waals surface area contributed by atoms with Gasteiger partial charge in [-0.25, -0.2) is 0 Å². The van der Waals surface area contributed by atoms with Crippen LogP contribution in [0.3, 0.4) is 0 Å². The van der Waals surface area contributed by atoms with Gasteiger partial charge in [0, 0.05) is 13.3 Å². The van der Waals surface area contributed by atoms with Gasteiger partial charge in [0.1, 0.15) is 0 Å². The van der Waals surface area contributed by atoms with E-state index in [1.54, 1.807) is 19.3 Å². The van der Waals surface area contributed by atoms with Crippen LogP contribution in [-0.2, 0) is 0 Å². The smallest absolute Gasteiger partial charge is 0.175 e. The molecule has 4 heteroatoms. The summed E-state index contributed by atoms with van der Waals surface area (Å²) in [7, 11) is 1.71. The Morgan fingerprint density at radius 3 is 2.64 bits per heavy atom. The zero-order valence-electron chi connectivity index (χ0n) is 6.22. The first kappa shape index (κ1) is 7.94. The topological polar surface area (TPSA) is 43.9 Å². The molecule has 0 spiro atoms. The van der Waals surface area contributed by atoms with E-state index in [9.17, 15) is 0 Å². The van der Waals surface area contributed by atoms with Gasteiger partial charge >= 0.3 is 0 Å². The van der Waals surface area contributed by atoms with Gasteiger partial charge in [0.25, 0.3) is 0 Å². The molecule has 0 amide bonds. The first-order valence-electron chi connectivity index (χ1n) is 3.15. The lowest BCUT2D eigenvalue weighted by Gasteiger charge is -1.86. The van der Waals surface area contributed by atoms with Crippen molar-refractivity contribution in [2.75, 3.05) is 7.05 Å². The number of aromatic amines is 2. The minimum absolute atomic E-state index is 0.592. The first-order valence-corrected chi connectivity index (χ1v) is 3.55. The van der Waals surface area contributed by atoms with E-state index in [2.05, 4.69) is 21.5 Å². The van der Waals surface area contributed by atoms with Crippen molar-refractivity contribution in [3.63, 3.8) is 0 Å². The van der Waals surface area contributed by atoms with Gasteiger partial charge in [-0.2, -0.15) is 0 Å². The average molecular weight is 167 g/mol. The molecule has 0 saturated heterocycles. The van der Waals surface area contributed by atoms with Crippen molar-refractivity contribution in [1.82, 2.24) is 9.97 Å². The Labute approximate surface area is 69.9 Å². The molecule has 0 unspecified atom stereocenters. The second-order valence-electron chi connectivity index (χ2n) is 2.00. The van der Waals surface area contributed by atoms with Gasteiger partial charge in [-0.1, -0.05) is 6.58 Å². The minimum Gasteiger partial charge on any atom is -0.331 e. The quantitative estimate of drug-likeness (QED) is 0.511. The third-order valence-corrected chi connectivity index (χ3v) is 1.45. The van der Waals surface area contributed by atoms with Crippen molar-refractivity contribution in [1.29, 1.82) is 0 Å². The second-order valence-corrected chi connectivity index (χ2v) is 2.41. The molecule has 3 nitrogen and oxygen atoms in total. The van der Waals surface area contributed by atoms with Gasteiger partial charge in [0.15, 0.2) is 4.77 Å². The summed E-state index contributed by atoms with van der Waals surface area (Å²) in [6, 6.07) is 0. The van der Waals surface area contributed by atoms with Crippen LogP contribution in [0.5, 0.6) is 0 Å². The summed E-state index contributed by atoms with van der Waals surface area (Å²) in [5, 5.41) is 0. The third kappa shape index (κ3) is 1.65. The summed E-state index contributed by atoms with van der Waals surface area (Å²) in [6.07, 6.45) is 3.40. The van der Waals surface area contributed by atoms with Crippen molar-refractivity contribution in [2.45, 2.75) is 0 Å². The Morgan fingerprint density at radius 1 is 1.45 bits per heavy atom. The van der Waals surface area contributed by atoms with E-state index in [-0.39, 0.29) is 0 Å². The average Bonchev–Trinajstić information content (AvgIpc) is 2.32. The highest BCUT2D eigenvalue weighted by Crippen LogP contribution is 2.01.